The minimum absolute atomic E-state index is 0.160. The van der Waals surface area contributed by atoms with Crippen molar-refractivity contribution in [2.24, 2.45) is 46.8 Å². The summed E-state index contributed by atoms with van der Waals surface area (Å²) >= 11 is 3.51. The van der Waals surface area contributed by atoms with Crippen LogP contribution in [0.5, 0.6) is 0 Å². The zero-order valence-electron chi connectivity index (χ0n) is 21.6. The molecule has 0 radical (unpaired) electrons. The van der Waals surface area contributed by atoms with Gasteiger partial charge in [0.2, 0.25) is 0 Å². The Morgan fingerprint density at radius 2 is 1.82 bits per heavy atom. The van der Waals surface area contributed by atoms with Crippen LogP contribution in [0.2, 0.25) is 0 Å². The van der Waals surface area contributed by atoms with Crippen molar-refractivity contribution < 1.29 is 19.7 Å². The van der Waals surface area contributed by atoms with Crippen molar-refractivity contribution >= 4 is 21.9 Å². The van der Waals surface area contributed by atoms with Crippen LogP contribution < -0.4 is 0 Å². The van der Waals surface area contributed by atoms with Crippen molar-refractivity contribution in [3.63, 3.8) is 0 Å². The van der Waals surface area contributed by atoms with Crippen LogP contribution in [0.25, 0.3) is 0 Å². The number of unbranched alkanes of at least 4 members (excludes halogenated alkanes) is 3. The number of carboxylic acid groups (broad SMARTS) is 1. The molecule has 10 atom stereocenters. The number of aliphatic hydroxyl groups is 1. The van der Waals surface area contributed by atoms with E-state index in [0.29, 0.717) is 59.4 Å². The molecule has 0 aliphatic heterocycles. The Morgan fingerprint density at radius 3 is 2.59 bits per heavy atom. The van der Waals surface area contributed by atoms with Crippen molar-refractivity contribution in [3.8, 4) is 0 Å². The van der Waals surface area contributed by atoms with Gasteiger partial charge in [-0.05, 0) is 117 Å². The number of alkyl halides is 1. The van der Waals surface area contributed by atoms with Gasteiger partial charge >= 0.3 is 5.97 Å². The van der Waals surface area contributed by atoms with E-state index in [4.69, 9.17) is 9.84 Å². The highest BCUT2D eigenvalue weighted by atomic mass is 79.9. The summed E-state index contributed by atoms with van der Waals surface area (Å²) in [6.07, 6.45) is 15.9. The molecule has 4 fully saturated rings. The van der Waals surface area contributed by atoms with Crippen LogP contribution in [-0.2, 0) is 9.53 Å². The first-order chi connectivity index (χ1) is 16.3. The van der Waals surface area contributed by atoms with E-state index in [0.717, 1.165) is 31.2 Å². The van der Waals surface area contributed by atoms with E-state index < -0.39 is 5.97 Å². The number of aliphatic hydroxyl groups excluding tert-OH is 1. The van der Waals surface area contributed by atoms with Crippen LogP contribution >= 0.6 is 15.9 Å². The second-order valence-electron chi connectivity index (χ2n) is 12.6. The number of fused-ring (bicyclic) bond motifs is 5. The largest absolute Gasteiger partial charge is 0.481 e. The van der Waals surface area contributed by atoms with Crippen LogP contribution in [0.4, 0.5) is 0 Å². The lowest BCUT2D eigenvalue weighted by Crippen LogP contribution is -2.57. The zero-order chi connectivity index (χ0) is 24.3. The van der Waals surface area contributed by atoms with Gasteiger partial charge in [-0.1, -0.05) is 42.6 Å². The minimum Gasteiger partial charge on any atom is -0.481 e. The van der Waals surface area contributed by atoms with Gasteiger partial charge in [-0.25, -0.2) is 0 Å². The van der Waals surface area contributed by atoms with Gasteiger partial charge in [-0.15, -0.1) is 0 Å². The molecule has 0 spiro atoms. The van der Waals surface area contributed by atoms with Crippen molar-refractivity contribution in [1.29, 1.82) is 0 Å². The zero-order valence-corrected chi connectivity index (χ0v) is 23.2. The number of halogens is 1. The average molecular weight is 542 g/mol. The molecule has 196 valence electrons. The molecule has 0 aromatic rings. The quantitative estimate of drug-likeness (QED) is 0.217. The Labute approximate surface area is 216 Å². The summed E-state index contributed by atoms with van der Waals surface area (Å²) in [5.41, 5.74) is 0.359. The van der Waals surface area contributed by atoms with Crippen molar-refractivity contribution in [2.45, 2.75) is 116 Å². The second kappa shape index (κ2) is 11.9. The summed E-state index contributed by atoms with van der Waals surface area (Å²) in [7, 11) is 0. The van der Waals surface area contributed by atoms with Gasteiger partial charge in [0.1, 0.15) is 0 Å². The maximum Gasteiger partial charge on any atom is 0.303 e. The van der Waals surface area contributed by atoms with E-state index in [2.05, 4.69) is 29.8 Å². The average Bonchev–Trinajstić information content (AvgIpc) is 3.25. The minimum atomic E-state index is -0.666. The van der Waals surface area contributed by atoms with E-state index in [1.807, 2.05) is 0 Å². The molecule has 0 aromatic heterocycles. The highest BCUT2D eigenvalue weighted by Gasteiger charge is 2.59. The molecule has 4 saturated carbocycles. The summed E-state index contributed by atoms with van der Waals surface area (Å²) in [5, 5.41) is 21.7. The molecule has 0 heterocycles. The SMILES string of the molecule is CC(CCC(=O)O)C1CCC2C1CCC1C2C(O)CC2CC(OCCCCCCBr)CCC21C. The fourth-order valence-corrected chi connectivity index (χ4v) is 9.52. The highest BCUT2D eigenvalue weighted by molar-refractivity contribution is 9.09. The van der Waals surface area contributed by atoms with Crippen molar-refractivity contribution in [1.82, 2.24) is 0 Å². The number of carbonyl (C=O) groups is 1. The van der Waals surface area contributed by atoms with Crippen LogP contribution in [0.1, 0.15) is 104 Å². The molecule has 4 aliphatic carbocycles. The maximum atomic E-state index is 11.5. The molecule has 2 N–H and O–H groups in total. The Hall–Kier alpha value is -0.130. The van der Waals surface area contributed by atoms with E-state index in [9.17, 15) is 9.90 Å². The Morgan fingerprint density at radius 1 is 1.06 bits per heavy atom. The number of rotatable bonds is 11. The molecular weight excluding hydrogens is 492 g/mol. The van der Waals surface area contributed by atoms with Crippen LogP contribution in [0.15, 0.2) is 0 Å². The lowest BCUT2D eigenvalue weighted by atomic mass is 9.46. The van der Waals surface area contributed by atoms with E-state index in [1.54, 1.807) is 0 Å². The molecule has 34 heavy (non-hydrogen) atoms. The third-order valence-corrected chi connectivity index (χ3v) is 11.5. The molecule has 5 heteroatoms. The van der Waals surface area contributed by atoms with E-state index >= 15 is 0 Å². The molecule has 10 unspecified atom stereocenters. The lowest BCUT2D eigenvalue weighted by molar-refractivity contribution is -0.164. The van der Waals surface area contributed by atoms with Gasteiger partial charge in [0, 0.05) is 18.4 Å². The number of hydrogen-bond acceptors (Lipinski definition) is 3. The van der Waals surface area contributed by atoms with Crippen LogP contribution in [0.3, 0.4) is 0 Å². The van der Waals surface area contributed by atoms with E-state index in [-0.39, 0.29) is 6.10 Å². The first-order valence-electron chi connectivity index (χ1n) is 14.4. The molecule has 4 nitrogen and oxygen atoms in total. The van der Waals surface area contributed by atoms with Crippen molar-refractivity contribution in [2.75, 3.05) is 11.9 Å². The summed E-state index contributed by atoms with van der Waals surface area (Å²) in [6.45, 7) is 5.73. The van der Waals surface area contributed by atoms with Gasteiger partial charge in [0.25, 0.3) is 0 Å². The predicted octanol–water partition coefficient (Wildman–Crippen LogP) is 7.07. The fourth-order valence-electron chi connectivity index (χ4n) is 9.13. The Kier molecular flexibility index (Phi) is 9.46. The summed E-state index contributed by atoms with van der Waals surface area (Å²) in [4.78, 5) is 11.1. The van der Waals surface area contributed by atoms with E-state index in [1.165, 1.54) is 64.2 Å². The molecule has 4 rings (SSSR count). The molecule has 4 aliphatic rings. The number of hydrogen-bond donors (Lipinski definition) is 2. The van der Waals surface area contributed by atoms with Gasteiger partial charge in [0.05, 0.1) is 12.2 Å². The van der Waals surface area contributed by atoms with Crippen LogP contribution in [0, 0.1) is 46.8 Å². The number of ether oxygens (including phenoxy) is 1. The molecule has 0 bridgehead atoms. The third-order valence-electron chi connectivity index (χ3n) is 10.9. The summed E-state index contributed by atoms with van der Waals surface area (Å²) in [6, 6.07) is 0. The highest BCUT2D eigenvalue weighted by Crippen LogP contribution is 2.64. The molecular formula is C29H49BrO4. The smallest absolute Gasteiger partial charge is 0.303 e. The maximum absolute atomic E-state index is 11.5. The molecule has 0 aromatic carbocycles. The second-order valence-corrected chi connectivity index (χ2v) is 13.4. The van der Waals surface area contributed by atoms with Gasteiger partial charge in [-0.2, -0.15) is 0 Å². The van der Waals surface area contributed by atoms with Gasteiger partial charge < -0.3 is 14.9 Å². The van der Waals surface area contributed by atoms with Gasteiger partial charge in [0.15, 0.2) is 0 Å². The number of carboxylic acids is 1. The normalized spacial score (nSPS) is 42.5. The fraction of sp³-hybridized carbons (Fsp3) is 0.966. The van der Waals surface area contributed by atoms with Crippen molar-refractivity contribution in [3.05, 3.63) is 0 Å². The lowest BCUT2D eigenvalue weighted by Gasteiger charge is -2.60. The topological polar surface area (TPSA) is 66.8 Å². The van der Waals surface area contributed by atoms with Gasteiger partial charge in [-0.3, -0.25) is 4.79 Å². The predicted molar refractivity (Wildman–Crippen MR) is 140 cm³/mol. The monoisotopic (exact) mass is 540 g/mol. The third kappa shape index (κ3) is 5.72. The standard InChI is InChI=1S/C29H49BrO4/c1-19(7-12-27(32)33)22-8-9-24-23(22)10-11-25-28(24)26(31)18-20-17-21(13-14-29(20,25)2)34-16-6-4-3-5-15-30/h19-26,28,31H,3-18H2,1-2H3,(H,32,33). The molecule has 0 amide bonds. The summed E-state index contributed by atoms with van der Waals surface area (Å²) < 4.78 is 6.34. The first-order valence-corrected chi connectivity index (χ1v) is 15.5. The Balaban J connectivity index is 1.33. The Bertz CT molecular complexity index is 671. The molecule has 0 saturated heterocycles. The summed E-state index contributed by atoms with van der Waals surface area (Å²) in [5.74, 6) is 3.53. The van der Waals surface area contributed by atoms with Crippen LogP contribution in [-0.4, -0.2) is 40.3 Å². The first kappa shape index (κ1) is 26.9. The number of aliphatic carboxylic acids is 1.